The van der Waals surface area contributed by atoms with Crippen LogP contribution in [-0.4, -0.2) is 5.78 Å². The van der Waals surface area contributed by atoms with Gasteiger partial charge in [0.2, 0.25) is 0 Å². The second kappa shape index (κ2) is 5.48. The minimum atomic E-state index is 0.0913. The van der Waals surface area contributed by atoms with E-state index >= 15 is 0 Å². The van der Waals surface area contributed by atoms with Gasteiger partial charge in [-0.1, -0.05) is 41.9 Å². The molecule has 2 aromatic carbocycles. The summed E-state index contributed by atoms with van der Waals surface area (Å²) in [5.74, 6) is 0.0913. The number of halogens is 2. The maximum Gasteiger partial charge on any atom is 0.167 e. The predicted molar refractivity (Wildman–Crippen MR) is 73.6 cm³/mol. The van der Waals surface area contributed by atoms with E-state index in [0.717, 1.165) is 10.0 Å². The molecule has 0 amide bonds. The van der Waals surface area contributed by atoms with Crippen molar-refractivity contribution >= 4 is 33.3 Å². The van der Waals surface area contributed by atoms with Crippen molar-refractivity contribution in [2.24, 2.45) is 0 Å². The Morgan fingerprint density at radius 1 is 1.12 bits per heavy atom. The van der Waals surface area contributed by atoms with Crippen LogP contribution in [0.25, 0.3) is 0 Å². The van der Waals surface area contributed by atoms with E-state index < -0.39 is 0 Å². The first-order chi connectivity index (χ1) is 8.16. The molecule has 0 bridgehead atoms. The monoisotopic (exact) mass is 308 g/mol. The molecule has 3 heteroatoms. The first-order valence-electron chi connectivity index (χ1n) is 5.19. The summed E-state index contributed by atoms with van der Waals surface area (Å²) in [4.78, 5) is 12.0. The molecular formula is C14H10BrClO. The molecule has 0 radical (unpaired) electrons. The zero-order valence-corrected chi connectivity index (χ0v) is 11.3. The highest BCUT2D eigenvalue weighted by Crippen LogP contribution is 2.23. The smallest absolute Gasteiger partial charge is 0.167 e. The number of rotatable bonds is 3. The fraction of sp³-hybridized carbons (Fsp3) is 0.0714. The highest BCUT2D eigenvalue weighted by molar-refractivity contribution is 9.10. The van der Waals surface area contributed by atoms with E-state index in [0.29, 0.717) is 17.0 Å². The summed E-state index contributed by atoms with van der Waals surface area (Å²) < 4.78 is 0.748. The van der Waals surface area contributed by atoms with Crippen LogP contribution in [0.4, 0.5) is 0 Å². The van der Waals surface area contributed by atoms with Crippen molar-refractivity contribution in [3.05, 3.63) is 69.2 Å². The van der Waals surface area contributed by atoms with E-state index in [1.54, 1.807) is 18.2 Å². The molecule has 0 fully saturated rings. The van der Waals surface area contributed by atoms with Gasteiger partial charge in [-0.25, -0.2) is 0 Å². The number of ketones is 1. The number of benzene rings is 2. The fourth-order valence-electron chi connectivity index (χ4n) is 1.55. The molecule has 0 unspecified atom stereocenters. The summed E-state index contributed by atoms with van der Waals surface area (Å²) >= 11 is 9.20. The van der Waals surface area contributed by atoms with E-state index in [4.69, 9.17) is 11.6 Å². The third-order valence-electron chi connectivity index (χ3n) is 2.45. The molecule has 1 nitrogen and oxygen atoms in total. The van der Waals surface area contributed by atoms with Crippen molar-refractivity contribution in [3.8, 4) is 0 Å². The lowest BCUT2D eigenvalue weighted by atomic mass is 10.0. The lowest BCUT2D eigenvalue weighted by Crippen LogP contribution is -2.03. The minimum absolute atomic E-state index is 0.0913. The van der Waals surface area contributed by atoms with E-state index in [9.17, 15) is 4.79 Å². The molecule has 0 spiro atoms. The Morgan fingerprint density at radius 2 is 1.82 bits per heavy atom. The van der Waals surface area contributed by atoms with Crippen LogP contribution in [0.1, 0.15) is 15.9 Å². The minimum Gasteiger partial charge on any atom is -0.294 e. The Balaban J connectivity index is 2.18. The van der Waals surface area contributed by atoms with Gasteiger partial charge in [0.25, 0.3) is 0 Å². The van der Waals surface area contributed by atoms with Crippen LogP contribution < -0.4 is 0 Å². The Hall–Kier alpha value is -1.12. The molecule has 0 aliphatic carbocycles. The number of carbonyl (C=O) groups is 1. The van der Waals surface area contributed by atoms with E-state index in [2.05, 4.69) is 15.9 Å². The second-order valence-corrected chi connectivity index (χ2v) is 4.98. The summed E-state index contributed by atoms with van der Waals surface area (Å²) in [6.45, 7) is 0. The first kappa shape index (κ1) is 12.3. The Labute approximate surface area is 114 Å². The highest BCUT2D eigenvalue weighted by Gasteiger charge is 2.08. The highest BCUT2D eigenvalue weighted by atomic mass is 79.9. The van der Waals surface area contributed by atoms with Crippen molar-refractivity contribution in [3.63, 3.8) is 0 Å². The standard InChI is InChI=1S/C14H10BrClO/c15-12-9-11(6-7-13(12)16)14(17)8-10-4-2-1-3-5-10/h1-7,9H,8H2. The van der Waals surface area contributed by atoms with Gasteiger partial charge < -0.3 is 0 Å². The zero-order valence-electron chi connectivity index (χ0n) is 8.99. The zero-order chi connectivity index (χ0) is 12.3. The van der Waals surface area contributed by atoms with Gasteiger partial charge in [0.05, 0.1) is 5.02 Å². The van der Waals surface area contributed by atoms with Crippen molar-refractivity contribution in [2.45, 2.75) is 6.42 Å². The lowest BCUT2D eigenvalue weighted by Gasteiger charge is -2.03. The van der Waals surface area contributed by atoms with E-state index in [1.807, 2.05) is 30.3 Å². The third-order valence-corrected chi connectivity index (χ3v) is 3.66. The summed E-state index contributed by atoms with van der Waals surface area (Å²) in [7, 11) is 0. The van der Waals surface area contributed by atoms with Gasteiger partial charge in [0, 0.05) is 16.5 Å². The van der Waals surface area contributed by atoms with Gasteiger partial charge in [-0.05, 0) is 39.7 Å². The van der Waals surface area contributed by atoms with Gasteiger partial charge in [0.1, 0.15) is 0 Å². The molecule has 2 rings (SSSR count). The summed E-state index contributed by atoms with van der Waals surface area (Å²) in [5, 5.41) is 0.612. The molecule has 0 saturated heterocycles. The average Bonchev–Trinajstić information content (AvgIpc) is 2.34. The van der Waals surface area contributed by atoms with Crippen molar-refractivity contribution in [2.75, 3.05) is 0 Å². The van der Waals surface area contributed by atoms with Gasteiger partial charge in [-0.2, -0.15) is 0 Å². The molecule has 0 heterocycles. The van der Waals surface area contributed by atoms with Crippen molar-refractivity contribution in [1.29, 1.82) is 0 Å². The van der Waals surface area contributed by atoms with Crippen LogP contribution in [0, 0.1) is 0 Å². The summed E-state index contributed by atoms with van der Waals surface area (Å²) in [6.07, 6.45) is 0.412. The maximum absolute atomic E-state index is 12.0. The Morgan fingerprint density at radius 3 is 2.47 bits per heavy atom. The Bertz CT molecular complexity index is 537. The van der Waals surface area contributed by atoms with Gasteiger partial charge in [-0.15, -0.1) is 0 Å². The summed E-state index contributed by atoms with van der Waals surface area (Å²) in [6, 6.07) is 14.9. The summed E-state index contributed by atoms with van der Waals surface area (Å²) in [5.41, 5.74) is 1.69. The van der Waals surface area contributed by atoms with Crippen LogP contribution in [-0.2, 0) is 6.42 Å². The van der Waals surface area contributed by atoms with Crippen LogP contribution >= 0.6 is 27.5 Å². The first-order valence-corrected chi connectivity index (χ1v) is 6.36. The lowest BCUT2D eigenvalue weighted by molar-refractivity contribution is 0.0993. The topological polar surface area (TPSA) is 17.1 Å². The van der Waals surface area contributed by atoms with Crippen LogP contribution in [0.15, 0.2) is 53.0 Å². The molecule has 0 N–H and O–H groups in total. The second-order valence-electron chi connectivity index (χ2n) is 3.71. The molecule has 0 atom stereocenters. The maximum atomic E-state index is 12.0. The van der Waals surface area contributed by atoms with Gasteiger partial charge in [-0.3, -0.25) is 4.79 Å². The quantitative estimate of drug-likeness (QED) is 0.761. The molecule has 0 aliphatic heterocycles. The fourth-order valence-corrected chi connectivity index (χ4v) is 2.05. The number of hydrogen-bond donors (Lipinski definition) is 0. The molecule has 86 valence electrons. The van der Waals surface area contributed by atoms with E-state index in [1.165, 1.54) is 0 Å². The average molecular weight is 310 g/mol. The molecule has 0 saturated carbocycles. The van der Waals surface area contributed by atoms with Gasteiger partial charge >= 0.3 is 0 Å². The molecule has 0 aromatic heterocycles. The number of hydrogen-bond acceptors (Lipinski definition) is 1. The molecule has 17 heavy (non-hydrogen) atoms. The number of Topliss-reactive ketones (excluding diaryl/α,β-unsaturated/α-hetero) is 1. The van der Waals surface area contributed by atoms with Crippen LogP contribution in [0.2, 0.25) is 5.02 Å². The predicted octanol–water partition coefficient (Wildman–Crippen LogP) is 4.53. The Kier molecular flexibility index (Phi) is 3.97. The van der Waals surface area contributed by atoms with Crippen LogP contribution in [0.3, 0.4) is 0 Å². The van der Waals surface area contributed by atoms with E-state index in [-0.39, 0.29) is 5.78 Å². The molecule has 0 aliphatic rings. The number of carbonyl (C=O) groups excluding carboxylic acids is 1. The molecular weight excluding hydrogens is 300 g/mol. The van der Waals surface area contributed by atoms with Crippen LogP contribution in [0.5, 0.6) is 0 Å². The van der Waals surface area contributed by atoms with Crippen molar-refractivity contribution in [1.82, 2.24) is 0 Å². The largest absolute Gasteiger partial charge is 0.294 e. The third kappa shape index (κ3) is 3.18. The normalized spacial score (nSPS) is 10.2. The molecule has 2 aromatic rings. The van der Waals surface area contributed by atoms with Crippen molar-refractivity contribution < 1.29 is 4.79 Å². The van der Waals surface area contributed by atoms with Gasteiger partial charge in [0.15, 0.2) is 5.78 Å². The SMILES string of the molecule is O=C(Cc1ccccc1)c1ccc(Cl)c(Br)c1.